The molecule has 0 bridgehead atoms. The van der Waals surface area contributed by atoms with Crippen LogP contribution in [0.2, 0.25) is 0 Å². The van der Waals surface area contributed by atoms with Gasteiger partial charge in [0.15, 0.2) is 6.20 Å². The summed E-state index contributed by atoms with van der Waals surface area (Å²) in [6.07, 6.45) is 2.27. The first-order chi connectivity index (χ1) is 17.6. The molecule has 1 aliphatic carbocycles. The van der Waals surface area contributed by atoms with Crippen molar-refractivity contribution >= 4 is 10.8 Å². The van der Waals surface area contributed by atoms with E-state index in [0.29, 0.717) is 0 Å². The smallest absolute Gasteiger partial charge is 0.201 e. The number of pyridine rings is 1. The van der Waals surface area contributed by atoms with E-state index >= 15 is 0 Å². The van der Waals surface area contributed by atoms with Crippen molar-refractivity contribution in [1.29, 1.82) is 0 Å². The molecule has 6 rings (SSSR count). The molecule has 0 unspecified atom stereocenters. The average Bonchev–Trinajstić information content (AvgIpc) is 2.88. The molecule has 4 aromatic carbocycles. The quantitative estimate of drug-likeness (QED) is 0.221. The second-order valence-corrected chi connectivity index (χ2v) is 11.9. The molecule has 0 aliphatic heterocycles. The second kappa shape index (κ2) is 8.15. The summed E-state index contributed by atoms with van der Waals surface area (Å²) in [7, 11) is 2.17. The lowest BCUT2D eigenvalue weighted by Crippen LogP contribution is -2.44. The van der Waals surface area contributed by atoms with E-state index in [-0.39, 0.29) is 10.8 Å². The highest BCUT2D eigenvalue weighted by molar-refractivity contribution is 6.01. The van der Waals surface area contributed by atoms with Crippen LogP contribution in [0.1, 0.15) is 49.9 Å². The zero-order valence-electron chi connectivity index (χ0n) is 23.1. The molecular weight excluding hydrogens is 446 g/mol. The summed E-state index contributed by atoms with van der Waals surface area (Å²) >= 11 is 0. The molecule has 1 aliphatic rings. The van der Waals surface area contributed by atoms with E-state index in [4.69, 9.17) is 0 Å². The van der Waals surface area contributed by atoms with Crippen molar-refractivity contribution in [2.75, 3.05) is 0 Å². The van der Waals surface area contributed by atoms with Crippen LogP contribution in [0.15, 0.2) is 91.1 Å². The summed E-state index contributed by atoms with van der Waals surface area (Å²) in [5, 5.41) is 2.66. The van der Waals surface area contributed by atoms with Gasteiger partial charge in [0.2, 0.25) is 5.69 Å². The van der Waals surface area contributed by atoms with Crippen molar-refractivity contribution in [3.8, 4) is 33.5 Å². The third-order valence-electron chi connectivity index (χ3n) is 9.36. The predicted molar refractivity (Wildman–Crippen MR) is 157 cm³/mol. The minimum absolute atomic E-state index is 0.0204. The van der Waals surface area contributed by atoms with Crippen LogP contribution in [0.25, 0.3) is 44.3 Å². The monoisotopic (exact) mass is 482 g/mol. The summed E-state index contributed by atoms with van der Waals surface area (Å²) in [6, 6.07) is 31.4. The number of rotatable bonds is 2. The summed E-state index contributed by atoms with van der Waals surface area (Å²) in [4.78, 5) is 0. The molecular formula is C36H36N+. The van der Waals surface area contributed by atoms with Crippen LogP contribution in [-0.4, -0.2) is 0 Å². The van der Waals surface area contributed by atoms with Gasteiger partial charge < -0.3 is 0 Å². The number of hydrogen-bond donors (Lipinski definition) is 0. The van der Waals surface area contributed by atoms with E-state index in [9.17, 15) is 0 Å². The van der Waals surface area contributed by atoms with Gasteiger partial charge in [-0.25, -0.2) is 4.57 Å². The van der Waals surface area contributed by atoms with Gasteiger partial charge in [-0.1, -0.05) is 100 Å². The van der Waals surface area contributed by atoms with Crippen LogP contribution in [0, 0.1) is 13.8 Å². The first-order valence-electron chi connectivity index (χ1n) is 13.4. The van der Waals surface area contributed by atoms with Crippen LogP contribution in [0.5, 0.6) is 0 Å². The molecule has 0 saturated carbocycles. The van der Waals surface area contributed by atoms with Crippen molar-refractivity contribution in [2.45, 2.75) is 52.4 Å². The summed E-state index contributed by atoms with van der Waals surface area (Å²) < 4.78 is 2.29. The molecule has 0 amide bonds. The maximum absolute atomic E-state index is 2.44. The number of hydrogen-bond acceptors (Lipinski definition) is 0. The van der Waals surface area contributed by atoms with Crippen molar-refractivity contribution in [1.82, 2.24) is 0 Å². The number of aryl methyl sites for hydroxylation is 2. The van der Waals surface area contributed by atoms with Gasteiger partial charge >= 0.3 is 0 Å². The molecule has 0 atom stereocenters. The Morgan fingerprint density at radius 2 is 1.32 bits per heavy atom. The Labute approximate surface area is 221 Å². The first-order valence-corrected chi connectivity index (χ1v) is 13.4. The normalized spacial score (nSPS) is 15.3. The van der Waals surface area contributed by atoms with Crippen LogP contribution in [-0.2, 0) is 17.9 Å². The van der Waals surface area contributed by atoms with Crippen molar-refractivity contribution < 1.29 is 4.57 Å². The minimum atomic E-state index is -0.0383. The third kappa shape index (κ3) is 3.33. The van der Waals surface area contributed by atoms with E-state index in [0.717, 1.165) is 0 Å². The molecule has 1 heteroatoms. The number of nitrogens with zero attached hydrogens (tertiary/aromatic N) is 1. The lowest BCUT2D eigenvalue weighted by Gasteiger charge is -2.49. The molecule has 0 radical (unpaired) electrons. The Balaban J connectivity index is 1.66. The highest BCUT2D eigenvalue weighted by Gasteiger charge is 2.47. The maximum atomic E-state index is 2.44. The van der Waals surface area contributed by atoms with E-state index in [1.165, 1.54) is 66.5 Å². The lowest BCUT2D eigenvalue weighted by atomic mass is 9.54. The van der Waals surface area contributed by atoms with Gasteiger partial charge in [-0.15, -0.1) is 0 Å². The molecule has 1 nitrogen and oxygen atoms in total. The number of fused-ring (bicyclic) bond motifs is 5. The highest BCUT2D eigenvalue weighted by atomic mass is 14.9. The molecule has 0 N–H and O–H groups in total. The molecule has 1 heterocycles. The fourth-order valence-electron chi connectivity index (χ4n) is 6.71. The molecule has 0 spiro atoms. The SMILES string of the molecule is Cc1c[n+](C)c(-c2ccc3c(c2C)C(C)(C)C(C)(C)c2ccc4ccccc4c2-3)cc1-c1ccccc1. The Bertz CT molecular complexity index is 1690. The Hall–Kier alpha value is -3.71. The topological polar surface area (TPSA) is 3.88 Å². The first kappa shape index (κ1) is 23.7. The van der Waals surface area contributed by atoms with Gasteiger partial charge in [0.1, 0.15) is 7.05 Å². The van der Waals surface area contributed by atoms with Crippen LogP contribution in [0.4, 0.5) is 0 Å². The third-order valence-corrected chi connectivity index (χ3v) is 9.36. The molecule has 0 fully saturated rings. The standard InChI is InChI=1S/C36H36N/c1-23-22-37(7)32(21-30(23)25-13-9-8-10-14-25)27-18-19-29-33-28-16-12-11-15-26(28)17-20-31(33)35(3,4)36(5,6)34(29)24(27)2/h8-22H,1-7H3/q+1. The van der Waals surface area contributed by atoms with Crippen molar-refractivity contribution in [3.05, 3.63) is 113 Å². The average molecular weight is 483 g/mol. The predicted octanol–water partition coefficient (Wildman–Crippen LogP) is 8.85. The maximum Gasteiger partial charge on any atom is 0.213 e. The molecule has 184 valence electrons. The summed E-state index contributed by atoms with van der Waals surface area (Å²) in [5.41, 5.74) is 13.4. The van der Waals surface area contributed by atoms with Crippen LogP contribution >= 0.6 is 0 Å². The number of benzene rings is 4. The van der Waals surface area contributed by atoms with Gasteiger partial charge in [0.05, 0.1) is 0 Å². The zero-order valence-corrected chi connectivity index (χ0v) is 23.1. The van der Waals surface area contributed by atoms with Gasteiger partial charge in [0, 0.05) is 17.2 Å². The lowest BCUT2D eigenvalue weighted by molar-refractivity contribution is -0.660. The molecule has 1 aromatic heterocycles. The van der Waals surface area contributed by atoms with Crippen LogP contribution in [0.3, 0.4) is 0 Å². The Morgan fingerprint density at radius 3 is 2.08 bits per heavy atom. The zero-order chi connectivity index (χ0) is 26.1. The Morgan fingerprint density at radius 1 is 0.649 bits per heavy atom. The van der Waals surface area contributed by atoms with Crippen LogP contribution < -0.4 is 4.57 Å². The van der Waals surface area contributed by atoms with E-state index in [1.807, 2.05) is 0 Å². The fourth-order valence-corrected chi connectivity index (χ4v) is 6.71. The van der Waals surface area contributed by atoms with E-state index < -0.39 is 0 Å². The fraction of sp³-hybridized carbons (Fsp3) is 0.250. The molecule has 5 aromatic rings. The summed E-state index contributed by atoms with van der Waals surface area (Å²) in [6.45, 7) is 14.3. The highest BCUT2D eigenvalue weighted by Crippen LogP contribution is 2.57. The van der Waals surface area contributed by atoms with Gasteiger partial charge in [-0.3, -0.25) is 0 Å². The second-order valence-electron chi connectivity index (χ2n) is 11.9. The largest absolute Gasteiger partial charge is 0.213 e. The van der Waals surface area contributed by atoms with Gasteiger partial charge in [-0.05, 0) is 80.5 Å². The van der Waals surface area contributed by atoms with E-state index in [2.05, 4.69) is 144 Å². The molecule has 0 saturated heterocycles. The van der Waals surface area contributed by atoms with E-state index in [1.54, 1.807) is 0 Å². The number of aromatic nitrogens is 1. The Kier molecular flexibility index (Phi) is 5.21. The van der Waals surface area contributed by atoms with Crippen molar-refractivity contribution in [2.24, 2.45) is 7.05 Å². The van der Waals surface area contributed by atoms with Gasteiger partial charge in [-0.2, -0.15) is 0 Å². The van der Waals surface area contributed by atoms with Crippen molar-refractivity contribution in [3.63, 3.8) is 0 Å². The molecule has 37 heavy (non-hydrogen) atoms. The van der Waals surface area contributed by atoms with Gasteiger partial charge in [0.25, 0.3) is 0 Å². The summed E-state index contributed by atoms with van der Waals surface area (Å²) in [5.74, 6) is 0. The minimum Gasteiger partial charge on any atom is -0.201 e.